The molecule has 1 heterocycles. The van der Waals surface area contributed by atoms with E-state index in [1.807, 2.05) is 6.07 Å². The van der Waals surface area contributed by atoms with Crippen molar-refractivity contribution < 1.29 is 0 Å². The number of hydrogen-bond donors (Lipinski definition) is 0. The van der Waals surface area contributed by atoms with E-state index in [9.17, 15) is 0 Å². The summed E-state index contributed by atoms with van der Waals surface area (Å²) in [7, 11) is 0. The summed E-state index contributed by atoms with van der Waals surface area (Å²) in [5.74, 6) is 0.425. The van der Waals surface area contributed by atoms with Crippen LogP contribution in [0.3, 0.4) is 0 Å². The van der Waals surface area contributed by atoms with Crippen LogP contribution in [-0.2, 0) is 0 Å². The fourth-order valence-electron chi connectivity index (χ4n) is 0.554. The molecule has 1 aromatic heterocycles. The molecule has 0 aliphatic heterocycles. The van der Waals surface area contributed by atoms with Crippen LogP contribution in [0, 0.1) is 11.3 Å². The molecule has 2 nitrogen and oxygen atoms in total. The van der Waals surface area contributed by atoms with Crippen molar-refractivity contribution in [1.29, 1.82) is 5.26 Å². The van der Waals surface area contributed by atoms with Gasteiger partial charge in [-0.3, -0.25) is 0 Å². The van der Waals surface area contributed by atoms with E-state index >= 15 is 0 Å². The second-order valence-corrected chi connectivity index (χ2v) is 3.19. The smallest absolute Gasteiger partial charge is 0.0970 e. The lowest BCUT2D eigenvalue weighted by Gasteiger charge is -1.93. The van der Waals surface area contributed by atoms with Gasteiger partial charge in [0, 0.05) is 6.20 Å². The van der Waals surface area contributed by atoms with Gasteiger partial charge in [0.15, 0.2) is 0 Å². The van der Waals surface area contributed by atoms with Crippen molar-refractivity contribution in [2.75, 3.05) is 5.75 Å². The van der Waals surface area contributed by atoms with Gasteiger partial charge in [-0.2, -0.15) is 5.26 Å². The fraction of sp³-hybridized carbons (Fsp3) is 0.143. The molecule has 1 rings (SSSR count). The van der Waals surface area contributed by atoms with Gasteiger partial charge < -0.3 is 0 Å². The highest BCUT2D eigenvalue weighted by Gasteiger charge is 1.93. The maximum atomic E-state index is 8.26. The average molecular weight is 185 g/mol. The van der Waals surface area contributed by atoms with Crippen molar-refractivity contribution in [3.05, 3.63) is 23.4 Å². The Morgan fingerprint density at radius 2 is 2.45 bits per heavy atom. The molecule has 0 saturated carbocycles. The maximum absolute atomic E-state index is 8.26. The quantitative estimate of drug-likeness (QED) is 0.663. The zero-order chi connectivity index (χ0) is 8.10. The Bertz CT molecular complexity index is 265. The normalized spacial score (nSPS) is 9.09. The molecule has 56 valence electrons. The number of hydrogen-bond acceptors (Lipinski definition) is 3. The van der Waals surface area contributed by atoms with Crippen molar-refractivity contribution in [2.24, 2.45) is 0 Å². The van der Waals surface area contributed by atoms with Gasteiger partial charge in [0.2, 0.25) is 0 Å². The van der Waals surface area contributed by atoms with E-state index in [1.54, 1.807) is 18.3 Å². The summed E-state index contributed by atoms with van der Waals surface area (Å²) in [5.41, 5.74) is 0. The van der Waals surface area contributed by atoms with Gasteiger partial charge in [-0.05, 0) is 12.1 Å². The van der Waals surface area contributed by atoms with Gasteiger partial charge in [-0.25, -0.2) is 4.98 Å². The van der Waals surface area contributed by atoms with Crippen molar-refractivity contribution in [3.8, 4) is 6.07 Å². The molecule has 0 spiro atoms. The minimum absolute atomic E-state index is 0.425. The number of pyridine rings is 1. The van der Waals surface area contributed by atoms with Crippen LogP contribution in [0.1, 0.15) is 0 Å². The first-order valence-corrected chi connectivity index (χ1v) is 4.30. The third kappa shape index (κ3) is 2.79. The van der Waals surface area contributed by atoms with E-state index in [0.29, 0.717) is 10.8 Å². The molecule has 0 bridgehead atoms. The van der Waals surface area contributed by atoms with Gasteiger partial charge in [-0.15, -0.1) is 0 Å². The van der Waals surface area contributed by atoms with Crippen molar-refractivity contribution in [3.63, 3.8) is 0 Å². The van der Waals surface area contributed by atoms with E-state index in [0.717, 1.165) is 5.03 Å². The van der Waals surface area contributed by atoms with Crippen LogP contribution in [0.5, 0.6) is 0 Å². The largest absolute Gasteiger partial charge is 0.248 e. The Morgan fingerprint density at radius 1 is 1.64 bits per heavy atom. The Morgan fingerprint density at radius 3 is 3.00 bits per heavy atom. The minimum atomic E-state index is 0.425. The first-order chi connectivity index (χ1) is 5.33. The van der Waals surface area contributed by atoms with Crippen molar-refractivity contribution in [2.45, 2.75) is 5.03 Å². The number of nitriles is 1. The molecule has 0 unspecified atom stereocenters. The monoisotopic (exact) mass is 184 g/mol. The third-order valence-corrected chi connectivity index (χ3v) is 2.02. The molecule has 0 saturated heterocycles. The lowest BCUT2D eigenvalue weighted by Crippen LogP contribution is -1.78. The molecule has 0 N–H and O–H groups in total. The van der Waals surface area contributed by atoms with Crippen LogP contribution < -0.4 is 0 Å². The van der Waals surface area contributed by atoms with E-state index < -0.39 is 0 Å². The highest BCUT2D eigenvalue weighted by molar-refractivity contribution is 7.99. The van der Waals surface area contributed by atoms with Crippen LogP contribution in [0.25, 0.3) is 0 Å². The van der Waals surface area contributed by atoms with Crippen molar-refractivity contribution >= 4 is 23.4 Å². The lowest BCUT2D eigenvalue weighted by molar-refractivity contribution is 1.14. The highest BCUT2D eigenvalue weighted by atomic mass is 35.5. The van der Waals surface area contributed by atoms with Gasteiger partial charge in [0.05, 0.1) is 21.9 Å². The maximum Gasteiger partial charge on any atom is 0.0970 e. The molecule has 0 amide bonds. The molecule has 0 fully saturated rings. The predicted octanol–water partition coefficient (Wildman–Crippen LogP) is 2.35. The molecule has 0 atom stereocenters. The van der Waals surface area contributed by atoms with Gasteiger partial charge >= 0.3 is 0 Å². The van der Waals surface area contributed by atoms with E-state index in [4.69, 9.17) is 16.9 Å². The Balaban J connectivity index is 2.60. The summed E-state index contributed by atoms with van der Waals surface area (Å²) in [4.78, 5) is 4.00. The fourth-order valence-corrected chi connectivity index (χ4v) is 1.17. The molecule has 0 aromatic carbocycles. The summed E-state index contributed by atoms with van der Waals surface area (Å²) in [6.45, 7) is 0. The SMILES string of the molecule is N#CCSc1ccc(Cl)cn1. The molecule has 4 heteroatoms. The summed E-state index contributed by atoms with van der Waals surface area (Å²) >= 11 is 7.01. The molecule has 0 aliphatic rings. The summed E-state index contributed by atoms with van der Waals surface area (Å²) in [5, 5.41) is 9.70. The summed E-state index contributed by atoms with van der Waals surface area (Å²) in [6.07, 6.45) is 1.57. The van der Waals surface area contributed by atoms with Crippen molar-refractivity contribution in [1.82, 2.24) is 4.98 Å². The number of rotatable bonds is 2. The number of halogens is 1. The Kier molecular flexibility index (Phi) is 3.21. The van der Waals surface area contributed by atoms with Crippen LogP contribution >= 0.6 is 23.4 Å². The standard InChI is InChI=1S/C7H5ClN2S/c8-6-1-2-7(10-5-6)11-4-3-9/h1-2,5H,4H2. The molecule has 1 aromatic rings. The number of aromatic nitrogens is 1. The first-order valence-electron chi connectivity index (χ1n) is 2.94. The van der Waals surface area contributed by atoms with Crippen LogP contribution in [-0.4, -0.2) is 10.7 Å². The van der Waals surface area contributed by atoms with E-state index in [2.05, 4.69) is 4.98 Å². The van der Waals surface area contributed by atoms with Crippen LogP contribution in [0.15, 0.2) is 23.4 Å². The van der Waals surface area contributed by atoms with Gasteiger partial charge in [0.1, 0.15) is 0 Å². The average Bonchev–Trinajstić information content (AvgIpc) is 2.04. The second-order valence-electron chi connectivity index (χ2n) is 1.76. The van der Waals surface area contributed by atoms with Crippen LogP contribution in [0.4, 0.5) is 0 Å². The predicted molar refractivity (Wildman–Crippen MR) is 45.6 cm³/mol. The highest BCUT2D eigenvalue weighted by Crippen LogP contribution is 2.15. The number of nitrogens with zero attached hydrogens (tertiary/aromatic N) is 2. The molecular formula is C7H5ClN2S. The molecule has 11 heavy (non-hydrogen) atoms. The molecular weight excluding hydrogens is 180 g/mol. The van der Waals surface area contributed by atoms with E-state index in [1.165, 1.54) is 11.8 Å². The first kappa shape index (κ1) is 8.38. The molecule has 0 aliphatic carbocycles. The zero-order valence-electron chi connectivity index (χ0n) is 5.62. The third-order valence-electron chi connectivity index (χ3n) is 0.985. The lowest BCUT2D eigenvalue weighted by atomic mass is 10.5. The minimum Gasteiger partial charge on any atom is -0.248 e. The molecule has 0 radical (unpaired) electrons. The van der Waals surface area contributed by atoms with Gasteiger partial charge in [0.25, 0.3) is 0 Å². The Hall–Kier alpha value is -0.720. The van der Waals surface area contributed by atoms with Crippen LogP contribution in [0.2, 0.25) is 5.02 Å². The summed E-state index contributed by atoms with van der Waals surface area (Å²) in [6, 6.07) is 5.57. The zero-order valence-corrected chi connectivity index (χ0v) is 7.19. The van der Waals surface area contributed by atoms with E-state index in [-0.39, 0.29) is 0 Å². The topological polar surface area (TPSA) is 36.7 Å². The second kappa shape index (κ2) is 4.22. The Labute approximate surface area is 74.2 Å². The summed E-state index contributed by atoms with van der Waals surface area (Å²) < 4.78 is 0. The van der Waals surface area contributed by atoms with Gasteiger partial charge in [-0.1, -0.05) is 23.4 Å². The number of thioether (sulfide) groups is 1.